The fourth-order valence-corrected chi connectivity index (χ4v) is 5.53. The number of rotatable bonds is 7. The number of benzene rings is 2. The van der Waals surface area contributed by atoms with Crippen LogP contribution in [0, 0.1) is 0 Å². The molecule has 1 aromatic heterocycles. The Morgan fingerprint density at radius 1 is 1.06 bits per heavy atom. The molecule has 3 aromatic rings. The number of ether oxygens (including phenoxy) is 2. The Balaban J connectivity index is 1.56. The van der Waals surface area contributed by atoms with E-state index in [0.29, 0.717) is 42.3 Å². The summed E-state index contributed by atoms with van der Waals surface area (Å²) in [6.45, 7) is 4.03. The minimum Gasteiger partial charge on any atom is -0.486 e. The summed E-state index contributed by atoms with van der Waals surface area (Å²) < 4.78 is 40.2. The van der Waals surface area contributed by atoms with Crippen molar-refractivity contribution in [1.82, 2.24) is 13.9 Å². The molecule has 4 rings (SSSR count). The molecular formula is C23H27N3O5S. The fourth-order valence-electron chi connectivity index (χ4n) is 3.99. The van der Waals surface area contributed by atoms with Gasteiger partial charge in [-0.2, -0.15) is 4.31 Å². The first-order chi connectivity index (χ1) is 15.4. The van der Waals surface area contributed by atoms with E-state index in [1.165, 1.54) is 7.11 Å². The number of piperidine rings is 1. The maximum Gasteiger partial charge on any atom is 0.337 e. The molecule has 0 atom stereocenters. The second kappa shape index (κ2) is 9.30. The van der Waals surface area contributed by atoms with Crippen LogP contribution in [-0.4, -0.2) is 48.4 Å². The molecule has 0 aliphatic carbocycles. The van der Waals surface area contributed by atoms with Gasteiger partial charge in [-0.1, -0.05) is 6.42 Å². The maximum absolute atomic E-state index is 13.0. The molecule has 0 bridgehead atoms. The van der Waals surface area contributed by atoms with Gasteiger partial charge < -0.3 is 14.0 Å². The molecule has 1 saturated heterocycles. The lowest BCUT2D eigenvalue weighted by molar-refractivity contribution is 0.0600. The normalized spacial score (nSPS) is 15.1. The number of nitrogens with zero attached hydrogens (tertiary/aromatic N) is 3. The number of carbonyl (C=O) groups excluding carboxylic acids is 1. The second-order valence-electron chi connectivity index (χ2n) is 7.69. The number of aromatic nitrogens is 2. The van der Waals surface area contributed by atoms with Crippen LogP contribution in [0.4, 0.5) is 0 Å². The Hall–Kier alpha value is -2.91. The molecule has 170 valence electrons. The van der Waals surface area contributed by atoms with Crippen LogP contribution in [0.1, 0.15) is 42.4 Å². The molecule has 2 aromatic carbocycles. The molecule has 8 nitrogen and oxygen atoms in total. The van der Waals surface area contributed by atoms with Gasteiger partial charge in [0.1, 0.15) is 18.2 Å². The smallest absolute Gasteiger partial charge is 0.337 e. The minimum atomic E-state index is -3.52. The Morgan fingerprint density at radius 3 is 2.44 bits per heavy atom. The average Bonchev–Trinajstić information content (AvgIpc) is 3.19. The van der Waals surface area contributed by atoms with Crippen LogP contribution < -0.4 is 4.74 Å². The summed E-state index contributed by atoms with van der Waals surface area (Å²) in [6.07, 6.45) is 2.86. The number of fused-ring (bicyclic) bond motifs is 1. The highest BCUT2D eigenvalue weighted by molar-refractivity contribution is 7.89. The van der Waals surface area contributed by atoms with E-state index in [-0.39, 0.29) is 11.5 Å². The Kier molecular flexibility index (Phi) is 6.48. The largest absolute Gasteiger partial charge is 0.486 e. The Labute approximate surface area is 187 Å². The summed E-state index contributed by atoms with van der Waals surface area (Å²) in [4.78, 5) is 16.5. The summed E-state index contributed by atoms with van der Waals surface area (Å²) in [5.74, 6) is 0.896. The number of hydrogen-bond acceptors (Lipinski definition) is 6. The molecule has 0 amide bonds. The number of aryl methyl sites for hydroxylation is 1. The van der Waals surface area contributed by atoms with Crippen molar-refractivity contribution in [2.45, 2.75) is 44.2 Å². The van der Waals surface area contributed by atoms with E-state index in [1.807, 2.05) is 17.6 Å². The van der Waals surface area contributed by atoms with Crippen LogP contribution >= 0.6 is 0 Å². The van der Waals surface area contributed by atoms with Crippen molar-refractivity contribution < 1.29 is 22.7 Å². The average molecular weight is 458 g/mol. The zero-order chi connectivity index (χ0) is 22.7. The summed E-state index contributed by atoms with van der Waals surface area (Å²) in [5.41, 5.74) is 1.94. The quantitative estimate of drug-likeness (QED) is 0.504. The molecule has 0 spiro atoms. The van der Waals surface area contributed by atoms with E-state index in [9.17, 15) is 13.2 Å². The van der Waals surface area contributed by atoms with E-state index in [1.54, 1.807) is 40.7 Å². The van der Waals surface area contributed by atoms with Gasteiger partial charge in [-0.15, -0.1) is 0 Å². The highest BCUT2D eigenvalue weighted by Gasteiger charge is 2.26. The number of esters is 1. The lowest BCUT2D eigenvalue weighted by Crippen LogP contribution is -2.35. The van der Waals surface area contributed by atoms with Crippen LogP contribution in [0.15, 0.2) is 47.4 Å². The third-order valence-electron chi connectivity index (χ3n) is 5.71. The highest BCUT2D eigenvalue weighted by Crippen LogP contribution is 2.25. The van der Waals surface area contributed by atoms with Gasteiger partial charge in [0.2, 0.25) is 10.0 Å². The number of sulfonamides is 1. The summed E-state index contributed by atoms with van der Waals surface area (Å²) in [6, 6.07) is 11.8. The van der Waals surface area contributed by atoms with Crippen molar-refractivity contribution in [3.8, 4) is 5.75 Å². The van der Waals surface area contributed by atoms with Gasteiger partial charge in [-0.3, -0.25) is 0 Å². The molecule has 0 saturated carbocycles. The zero-order valence-electron chi connectivity index (χ0n) is 18.3. The third-order valence-corrected chi connectivity index (χ3v) is 7.61. The summed E-state index contributed by atoms with van der Waals surface area (Å²) in [7, 11) is -2.18. The van der Waals surface area contributed by atoms with Crippen LogP contribution in [-0.2, 0) is 27.9 Å². The fraction of sp³-hybridized carbons (Fsp3) is 0.391. The summed E-state index contributed by atoms with van der Waals surface area (Å²) >= 11 is 0. The van der Waals surface area contributed by atoms with Crippen LogP contribution in [0.5, 0.6) is 5.75 Å². The SMILES string of the molecule is CCn1c(COc2ccc(C(=O)OC)cc2)nc2cc(S(=O)(=O)N3CCCCC3)ccc21. The zero-order valence-corrected chi connectivity index (χ0v) is 19.1. The molecule has 0 N–H and O–H groups in total. The Bertz CT molecular complexity index is 1210. The topological polar surface area (TPSA) is 90.7 Å². The predicted molar refractivity (Wildman–Crippen MR) is 120 cm³/mol. The minimum absolute atomic E-state index is 0.217. The predicted octanol–water partition coefficient (Wildman–Crippen LogP) is 3.60. The first kappa shape index (κ1) is 22.3. The lowest BCUT2D eigenvalue weighted by atomic mass is 10.2. The van der Waals surface area contributed by atoms with E-state index in [2.05, 4.69) is 4.98 Å². The number of imidazole rings is 1. The molecule has 1 aliphatic rings. The molecule has 1 aliphatic heterocycles. The standard InChI is InChI=1S/C23H27N3O5S/c1-3-26-21-12-11-19(32(28,29)25-13-5-4-6-14-25)15-20(21)24-22(26)16-31-18-9-7-17(8-10-18)23(27)30-2/h7-12,15H,3-6,13-14,16H2,1-2H3. The lowest BCUT2D eigenvalue weighted by Gasteiger charge is -2.25. The Morgan fingerprint density at radius 2 is 1.78 bits per heavy atom. The molecule has 32 heavy (non-hydrogen) atoms. The van der Waals surface area contributed by atoms with E-state index in [0.717, 1.165) is 24.8 Å². The number of methoxy groups -OCH3 is 1. The van der Waals surface area contributed by atoms with Crippen LogP contribution in [0.25, 0.3) is 11.0 Å². The van der Waals surface area contributed by atoms with Crippen molar-refractivity contribution in [2.75, 3.05) is 20.2 Å². The van der Waals surface area contributed by atoms with Gasteiger partial charge in [0.15, 0.2) is 0 Å². The van der Waals surface area contributed by atoms with Crippen molar-refractivity contribution in [2.24, 2.45) is 0 Å². The first-order valence-electron chi connectivity index (χ1n) is 10.7. The molecule has 0 radical (unpaired) electrons. The first-order valence-corrected chi connectivity index (χ1v) is 12.2. The molecule has 9 heteroatoms. The van der Waals surface area contributed by atoms with Gasteiger partial charge in [0.25, 0.3) is 0 Å². The number of carbonyl (C=O) groups is 1. The van der Waals surface area contributed by atoms with Crippen molar-refractivity contribution in [1.29, 1.82) is 0 Å². The molecule has 1 fully saturated rings. The highest BCUT2D eigenvalue weighted by atomic mass is 32.2. The van der Waals surface area contributed by atoms with Gasteiger partial charge in [-0.25, -0.2) is 18.2 Å². The van der Waals surface area contributed by atoms with E-state index >= 15 is 0 Å². The second-order valence-corrected chi connectivity index (χ2v) is 9.63. The maximum atomic E-state index is 13.0. The molecular weight excluding hydrogens is 430 g/mol. The van der Waals surface area contributed by atoms with Crippen molar-refractivity contribution in [3.05, 3.63) is 53.9 Å². The van der Waals surface area contributed by atoms with E-state index < -0.39 is 16.0 Å². The monoisotopic (exact) mass is 457 g/mol. The molecule has 0 unspecified atom stereocenters. The van der Waals surface area contributed by atoms with Gasteiger partial charge in [0.05, 0.1) is 28.6 Å². The van der Waals surface area contributed by atoms with Gasteiger partial charge >= 0.3 is 5.97 Å². The van der Waals surface area contributed by atoms with Crippen molar-refractivity contribution >= 4 is 27.0 Å². The van der Waals surface area contributed by atoms with E-state index in [4.69, 9.17) is 9.47 Å². The van der Waals surface area contributed by atoms with Gasteiger partial charge in [0, 0.05) is 19.6 Å². The van der Waals surface area contributed by atoms with Crippen LogP contribution in [0.2, 0.25) is 0 Å². The number of hydrogen-bond donors (Lipinski definition) is 0. The van der Waals surface area contributed by atoms with Crippen molar-refractivity contribution in [3.63, 3.8) is 0 Å². The van der Waals surface area contributed by atoms with Gasteiger partial charge in [-0.05, 0) is 62.2 Å². The summed E-state index contributed by atoms with van der Waals surface area (Å²) in [5, 5.41) is 0. The third kappa shape index (κ3) is 4.35. The molecule has 2 heterocycles. The van der Waals surface area contributed by atoms with Crippen LogP contribution in [0.3, 0.4) is 0 Å².